The Morgan fingerprint density at radius 1 is 0.970 bits per heavy atom. The van der Waals surface area contributed by atoms with Gasteiger partial charge in [-0.25, -0.2) is 9.36 Å². The Hall–Kier alpha value is -3.91. The zero-order valence-corrected chi connectivity index (χ0v) is 18.4. The van der Waals surface area contributed by atoms with Crippen LogP contribution in [-0.2, 0) is 4.74 Å². The van der Waals surface area contributed by atoms with Crippen molar-refractivity contribution < 1.29 is 9.47 Å². The van der Waals surface area contributed by atoms with Gasteiger partial charge in [-0.3, -0.25) is 4.79 Å². The Bertz CT molecular complexity index is 1290. The van der Waals surface area contributed by atoms with Crippen molar-refractivity contribution in [3.8, 4) is 28.5 Å². The number of anilines is 1. The van der Waals surface area contributed by atoms with E-state index < -0.39 is 0 Å². The summed E-state index contributed by atoms with van der Waals surface area (Å²) in [6.45, 7) is 3.28. The molecule has 8 heteroatoms. The van der Waals surface area contributed by atoms with Crippen molar-refractivity contribution >= 4 is 5.69 Å². The van der Waals surface area contributed by atoms with Gasteiger partial charge in [-0.1, -0.05) is 18.2 Å². The topological polar surface area (TPSA) is 74.4 Å². The maximum atomic E-state index is 12.8. The molecule has 5 rings (SSSR count). The molecule has 0 spiro atoms. The normalized spacial score (nSPS) is 14.2. The van der Waals surface area contributed by atoms with E-state index in [-0.39, 0.29) is 5.43 Å². The van der Waals surface area contributed by atoms with Crippen LogP contribution in [0.15, 0.2) is 77.9 Å². The third-order valence-electron chi connectivity index (χ3n) is 5.69. The summed E-state index contributed by atoms with van der Waals surface area (Å²) in [5.41, 5.74) is 3.45. The molecule has 3 heterocycles. The van der Waals surface area contributed by atoms with Gasteiger partial charge in [-0.2, -0.15) is 10.2 Å². The minimum Gasteiger partial charge on any atom is -0.494 e. The van der Waals surface area contributed by atoms with Crippen LogP contribution in [0, 0.1) is 0 Å². The lowest BCUT2D eigenvalue weighted by Crippen LogP contribution is -2.25. The highest BCUT2D eigenvalue weighted by Gasteiger charge is 2.17. The minimum atomic E-state index is -0.177. The number of ether oxygens (including phenoxy) is 2. The van der Waals surface area contributed by atoms with E-state index in [1.807, 2.05) is 42.5 Å². The van der Waals surface area contributed by atoms with Crippen LogP contribution in [0.3, 0.4) is 0 Å². The molecule has 2 aromatic carbocycles. The second-order valence-corrected chi connectivity index (χ2v) is 7.75. The molecule has 0 radical (unpaired) electrons. The number of hydrogen-bond acceptors (Lipinski definition) is 6. The lowest BCUT2D eigenvalue weighted by Gasteiger charge is -2.23. The Kier molecular flexibility index (Phi) is 5.91. The molecule has 4 aromatic rings. The van der Waals surface area contributed by atoms with Crippen molar-refractivity contribution in [3.63, 3.8) is 0 Å². The van der Waals surface area contributed by atoms with Gasteiger partial charge >= 0.3 is 0 Å². The number of rotatable bonds is 5. The van der Waals surface area contributed by atoms with Gasteiger partial charge in [0.15, 0.2) is 5.69 Å². The van der Waals surface area contributed by atoms with E-state index >= 15 is 0 Å². The van der Waals surface area contributed by atoms with Crippen LogP contribution >= 0.6 is 0 Å². The number of aromatic nitrogens is 4. The van der Waals surface area contributed by atoms with E-state index in [0.717, 1.165) is 43.2 Å². The van der Waals surface area contributed by atoms with Crippen LogP contribution in [0.25, 0.3) is 22.8 Å². The maximum Gasteiger partial charge on any atom is 0.209 e. The summed E-state index contributed by atoms with van der Waals surface area (Å²) in [6.07, 6.45) is 4.32. The molecular weight excluding hydrogens is 418 g/mol. The fraction of sp³-hybridized carbons (Fsp3) is 0.240. The van der Waals surface area contributed by atoms with Crippen LogP contribution in [0.1, 0.15) is 6.42 Å². The number of hydrogen-bond donors (Lipinski definition) is 0. The Balaban J connectivity index is 1.54. The summed E-state index contributed by atoms with van der Waals surface area (Å²) < 4.78 is 14.7. The van der Waals surface area contributed by atoms with Crippen LogP contribution in [0.2, 0.25) is 0 Å². The molecule has 1 aliphatic rings. The van der Waals surface area contributed by atoms with Crippen LogP contribution < -0.4 is 15.1 Å². The number of methoxy groups -OCH3 is 1. The van der Waals surface area contributed by atoms with Gasteiger partial charge in [0.1, 0.15) is 11.4 Å². The summed E-state index contributed by atoms with van der Waals surface area (Å²) in [5, 5.41) is 9.07. The monoisotopic (exact) mass is 443 g/mol. The minimum absolute atomic E-state index is 0.177. The lowest BCUT2D eigenvalue weighted by molar-refractivity contribution is 0.152. The van der Waals surface area contributed by atoms with Crippen molar-refractivity contribution in [1.29, 1.82) is 0 Å². The van der Waals surface area contributed by atoms with Gasteiger partial charge in [0.05, 0.1) is 31.3 Å². The average Bonchev–Trinajstić information content (AvgIpc) is 3.19. The molecule has 1 aliphatic heterocycles. The first-order valence-corrected chi connectivity index (χ1v) is 11.0. The second kappa shape index (κ2) is 9.30. The number of benzene rings is 2. The van der Waals surface area contributed by atoms with E-state index in [9.17, 15) is 4.79 Å². The van der Waals surface area contributed by atoms with E-state index in [1.54, 1.807) is 34.9 Å². The molecule has 0 N–H and O–H groups in total. The van der Waals surface area contributed by atoms with E-state index in [4.69, 9.17) is 9.47 Å². The average molecular weight is 444 g/mol. The van der Waals surface area contributed by atoms with Gasteiger partial charge in [0, 0.05) is 43.7 Å². The molecule has 0 bridgehead atoms. The maximum absolute atomic E-state index is 12.8. The molecule has 0 saturated carbocycles. The Morgan fingerprint density at radius 2 is 1.85 bits per heavy atom. The molecule has 0 amide bonds. The molecule has 1 saturated heterocycles. The fourth-order valence-corrected chi connectivity index (χ4v) is 4.03. The van der Waals surface area contributed by atoms with E-state index in [1.165, 1.54) is 6.07 Å². The van der Waals surface area contributed by atoms with Crippen molar-refractivity contribution in [2.45, 2.75) is 6.42 Å². The molecule has 2 aromatic heterocycles. The van der Waals surface area contributed by atoms with Crippen LogP contribution in [0.5, 0.6) is 5.75 Å². The summed E-state index contributed by atoms with van der Waals surface area (Å²) in [7, 11) is 1.64. The molecule has 168 valence electrons. The van der Waals surface area contributed by atoms with Gasteiger partial charge in [-0.15, -0.1) is 0 Å². The first-order valence-electron chi connectivity index (χ1n) is 11.0. The summed E-state index contributed by atoms with van der Waals surface area (Å²) in [6, 6.07) is 19.0. The van der Waals surface area contributed by atoms with Crippen molar-refractivity contribution in [2.75, 3.05) is 38.3 Å². The highest BCUT2D eigenvalue weighted by molar-refractivity contribution is 5.61. The number of para-hydroxylation sites is 1. The SMILES string of the molecule is COc1cc(N2CCCOCC2)ccc1-n1ccc(=O)c(-c2ccnn2-c2ccccc2)n1. The zero-order valence-electron chi connectivity index (χ0n) is 18.4. The first-order chi connectivity index (χ1) is 16.2. The summed E-state index contributed by atoms with van der Waals surface area (Å²) in [4.78, 5) is 15.1. The van der Waals surface area contributed by atoms with Crippen LogP contribution in [-0.4, -0.2) is 53.0 Å². The summed E-state index contributed by atoms with van der Waals surface area (Å²) in [5.74, 6) is 0.677. The highest BCUT2D eigenvalue weighted by atomic mass is 16.5. The van der Waals surface area contributed by atoms with Gasteiger partial charge in [0.25, 0.3) is 0 Å². The predicted octanol–water partition coefficient (Wildman–Crippen LogP) is 3.32. The lowest BCUT2D eigenvalue weighted by atomic mass is 10.2. The van der Waals surface area contributed by atoms with Crippen molar-refractivity contribution in [2.24, 2.45) is 0 Å². The standard InChI is InChI=1S/C25H25N5O3/c1-32-24-18-20(28-13-5-16-33-17-15-28)8-9-21(24)29-14-11-23(31)25(27-29)22-10-12-26-30(22)19-6-3-2-4-7-19/h2-4,6-12,14,18H,5,13,15-17H2,1H3. The first kappa shape index (κ1) is 21.0. The van der Waals surface area contributed by atoms with Crippen molar-refractivity contribution in [1.82, 2.24) is 19.6 Å². The van der Waals surface area contributed by atoms with Crippen molar-refractivity contribution in [3.05, 3.63) is 83.3 Å². The predicted molar refractivity (Wildman–Crippen MR) is 127 cm³/mol. The van der Waals surface area contributed by atoms with E-state index in [2.05, 4.69) is 21.2 Å². The molecule has 0 atom stereocenters. The van der Waals surface area contributed by atoms with Gasteiger partial charge < -0.3 is 14.4 Å². The Morgan fingerprint density at radius 3 is 2.70 bits per heavy atom. The molecule has 1 fully saturated rings. The number of nitrogens with zero attached hydrogens (tertiary/aromatic N) is 5. The Labute approximate surface area is 191 Å². The van der Waals surface area contributed by atoms with Gasteiger partial charge in [0.2, 0.25) is 5.43 Å². The third-order valence-corrected chi connectivity index (χ3v) is 5.69. The zero-order chi connectivity index (χ0) is 22.6. The fourth-order valence-electron chi connectivity index (χ4n) is 4.03. The van der Waals surface area contributed by atoms with E-state index in [0.29, 0.717) is 23.7 Å². The third kappa shape index (κ3) is 4.25. The molecule has 8 nitrogen and oxygen atoms in total. The smallest absolute Gasteiger partial charge is 0.209 e. The molecular formula is C25H25N5O3. The molecule has 33 heavy (non-hydrogen) atoms. The molecule has 0 unspecified atom stereocenters. The quantitative estimate of drug-likeness (QED) is 0.471. The summed E-state index contributed by atoms with van der Waals surface area (Å²) >= 11 is 0. The second-order valence-electron chi connectivity index (χ2n) is 7.75. The van der Waals surface area contributed by atoms with Crippen LogP contribution in [0.4, 0.5) is 5.69 Å². The van der Waals surface area contributed by atoms with Gasteiger partial charge in [-0.05, 0) is 36.8 Å². The molecule has 0 aliphatic carbocycles. The largest absolute Gasteiger partial charge is 0.494 e. The highest BCUT2D eigenvalue weighted by Crippen LogP contribution is 2.29.